The molecule has 3 amide bonds. The van der Waals surface area contributed by atoms with E-state index in [9.17, 15) is 14.4 Å². The maximum Gasteiger partial charge on any atom is 0.340 e. The number of imide groups is 1. The molecule has 0 saturated carbocycles. The van der Waals surface area contributed by atoms with E-state index in [0.717, 1.165) is 0 Å². The molecule has 0 bridgehead atoms. The van der Waals surface area contributed by atoms with E-state index in [4.69, 9.17) is 9.47 Å². The van der Waals surface area contributed by atoms with Gasteiger partial charge in [0.1, 0.15) is 5.75 Å². The normalized spacial score (nSPS) is 11.3. The third-order valence-corrected chi connectivity index (χ3v) is 3.31. The zero-order chi connectivity index (χ0) is 16.7. The molecule has 0 saturated heterocycles. The molecule has 0 fully saturated rings. The Morgan fingerprint density at radius 2 is 2.00 bits per heavy atom. The van der Waals surface area contributed by atoms with Crippen molar-refractivity contribution in [3.8, 4) is 5.75 Å². The van der Waals surface area contributed by atoms with Crippen LogP contribution in [-0.2, 0) is 9.53 Å². The van der Waals surface area contributed by atoms with E-state index in [0.29, 0.717) is 16.8 Å². The van der Waals surface area contributed by atoms with Crippen molar-refractivity contribution in [3.63, 3.8) is 0 Å². The smallest absolute Gasteiger partial charge is 0.340 e. The van der Waals surface area contributed by atoms with Crippen molar-refractivity contribution in [2.45, 2.75) is 20.0 Å². The molecule has 0 radical (unpaired) electrons. The Morgan fingerprint density at radius 3 is 2.59 bits per heavy atom. The highest BCUT2D eigenvalue weighted by molar-refractivity contribution is 9.10. The second-order valence-electron chi connectivity index (χ2n) is 4.24. The minimum absolute atomic E-state index is 0.219. The summed E-state index contributed by atoms with van der Waals surface area (Å²) in [5.74, 6) is -0.933. The number of nitrogens with one attached hydrogen (secondary N) is 2. The van der Waals surface area contributed by atoms with Crippen LogP contribution in [-0.4, -0.2) is 37.7 Å². The highest BCUT2D eigenvalue weighted by atomic mass is 79.9. The molecule has 8 heteroatoms. The summed E-state index contributed by atoms with van der Waals surface area (Å²) in [6.07, 6.45) is -1.12. The molecule has 0 aromatic heterocycles. The number of esters is 1. The lowest BCUT2D eigenvalue weighted by molar-refractivity contribution is -0.127. The fourth-order valence-corrected chi connectivity index (χ4v) is 1.89. The topological polar surface area (TPSA) is 93.7 Å². The Labute approximate surface area is 136 Å². The van der Waals surface area contributed by atoms with Crippen molar-refractivity contribution in [2.75, 3.05) is 13.7 Å². The Morgan fingerprint density at radius 1 is 1.32 bits per heavy atom. The predicted octanol–water partition coefficient (Wildman–Crippen LogP) is 1.85. The van der Waals surface area contributed by atoms with E-state index >= 15 is 0 Å². The number of hydrogen-bond donors (Lipinski definition) is 2. The molecule has 0 heterocycles. The van der Waals surface area contributed by atoms with Crippen LogP contribution in [0.2, 0.25) is 0 Å². The number of ether oxygens (including phenoxy) is 2. The Bertz CT molecular complexity index is 576. The molecule has 1 aromatic rings. The molecule has 22 heavy (non-hydrogen) atoms. The molecule has 2 N–H and O–H groups in total. The first kappa shape index (κ1) is 18.0. The van der Waals surface area contributed by atoms with Crippen LogP contribution in [0.25, 0.3) is 0 Å². The van der Waals surface area contributed by atoms with Crippen molar-refractivity contribution in [2.24, 2.45) is 0 Å². The molecule has 120 valence electrons. The maximum absolute atomic E-state index is 12.1. The molecule has 0 spiro atoms. The van der Waals surface area contributed by atoms with Gasteiger partial charge < -0.3 is 14.8 Å². The van der Waals surface area contributed by atoms with Gasteiger partial charge in [0.25, 0.3) is 5.91 Å². The van der Waals surface area contributed by atoms with Crippen LogP contribution >= 0.6 is 15.9 Å². The fourth-order valence-electron chi connectivity index (χ4n) is 1.48. The van der Waals surface area contributed by atoms with Gasteiger partial charge in [0.15, 0.2) is 6.10 Å². The van der Waals surface area contributed by atoms with Gasteiger partial charge in [-0.25, -0.2) is 9.59 Å². The Kier molecular flexibility index (Phi) is 6.84. The highest BCUT2D eigenvalue weighted by Gasteiger charge is 2.22. The van der Waals surface area contributed by atoms with Gasteiger partial charge in [0.2, 0.25) is 0 Å². The number of amides is 3. The van der Waals surface area contributed by atoms with Crippen molar-refractivity contribution < 1.29 is 23.9 Å². The van der Waals surface area contributed by atoms with E-state index in [2.05, 4.69) is 26.6 Å². The number of carbonyl (C=O) groups excluding carboxylic acids is 3. The Hall–Kier alpha value is -2.09. The van der Waals surface area contributed by atoms with Gasteiger partial charge in [-0.1, -0.05) is 0 Å². The first-order valence-corrected chi connectivity index (χ1v) is 7.31. The van der Waals surface area contributed by atoms with Gasteiger partial charge in [-0.15, -0.1) is 0 Å². The summed E-state index contributed by atoms with van der Waals surface area (Å²) in [6, 6.07) is 4.15. The molecule has 0 aliphatic heterocycles. The molecule has 1 rings (SSSR count). The molecular formula is C14H17BrN2O5. The van der Waals surface area contributed by atoms with Gasteiger partial charge in [-0.05, 0) is 48.0 Å². The van der Waals surface area contributed by atoms with Gasteiger partial charge in [0.05, 0.1) is 12.7 Å². The summed E-state index contributed by atoms with van der Waals surface area (Å²) < 4.78 is 10.6. The largest absolute Gasteiger partial charge is 0.497 e. The molecule has 0 aliphatic carbocycles. The van der Waals surface area contributed by atoms with Crippen molar-refractivity contribution in [3.05, 3.63) is 28.2 Å². The van der Waals surface area contributed by atoms with Crippen LogP contribution in [0.3, 0.4) is 0 Å². The number of carbonyl (C=O) groups is 3. The molecule has 1 atom stereocenters. The van der Waals surface area contributed by atoms with Crippen LogP contribution < -0.4 is 15.4 Å². The Balaban J connectivity index is 2.71. The summed E-state index contributed by atoms with van der Waals surface area (Å²) in [4.78, 5) is 35.0. The van der Waals surface area contributed by atoms with Gasteiger partial charge >= 0.3 is 12.0 Å². The summed E-state index contributed by atoms with van der Waals surface area (Å²) in [5, 5.41) is 4.48. The standard InChI is InChI=1S/C14H17BrN2O5/c1-4-16-14(20)17-12(18)8(2)22-13(19)10-7-9(21-3)5-6-11(10)15/h5-8H,4H2,1-3H3,(H2,16,17,18,20)/t8-/m0/s1. The van der Waals surface area contributed by atoms with Gasteiger partial charge in [-0.2, -0.15) is 0 Å². The van der Waals surface area contributed by atoms with E-state index in [1.54, 1.807) is 19.1 Å². The second kappa shape index (κ2) is 8.38. The SMILES string of the molecule is CCNC(=O)NC(=O)[C@H](C)OC(=O)c1cc(OC)ccc1Br. The van der Waals surface area contributed by atoms with Crippen LogP contribution in [0.1, 0.15) is 24.2 Å². The minimum Gasteiger partial charge on any atom is -0.497 e. The minimum atomic E-state index is -1.12. The number of halogens is 1. The number of methoxy groups -OCH3 is 1. The average Bonchev–Trinajstić information content (AvgIpc) is 2.47. The molecule has 0 aliphatic rings. The maximum atomic E-state index is 12.1. The van der Waals surface area contributed by atoms with E-state index < -0.39 is 24.0 Å². The van der Waals surface area contributed by atoms with Crippen molar-refractivity contribution >= 4 is 33.8 Å². The highest BCUT2D eigenvalue weighted by Crippen LogP contribution is 2.23. The number of rotatable bonds is 5. The number of hydrogen-bond acceptors (Lipinski definition) is 5. The van der Waals surface area contributed by atoms with E-state index in [1.165, 1.54) is 20.1 Å². The predicted molar refractivity (Wildman–Crippen MR) is 82.8 cm³/mol. The zero-order valence-corrected chi connectivity index (χ0v) is 14.0. The van der Waals surface area contributed by atoms with E-state index in [-0.39, 0.29) is 5.56 Å². The average molecular weight is 373 g/mol. The van der Waals surface area contributed by atoms with E-state index in [1.807, 2.05) is 0 Å². The zero-order valence-electron chi connectivity index (χ0n) is 12.4. The first-order valence-electron chi connectivity index (χ1n) is 6.52. The summed E-state index contributed by atoms with van der Waals surface area (Å²) in [7, 11) is 1.47. The lowest BCUT2D eigenvalue weighted by Crippen LogP contribution is -2.44. The summed E-state index contributed by atoms with van der Waals surface area (Å²) in [6.45, 7) is 3.47. The van der Waals surface area contributed by atoms with Crippen LogP contribution in [0.15, 0.2) is 22.7 Å². The lowest BCUT2D eigenvalue weighted by atomic mass is 10.2. The third-order valence-electron chi connectivity index (χ3n) is 2.62. The van der Waals surface area contributed by atoms with Gasteiger partial charge in [0, 0.05) is 11.0 Å². The first-order chi connectivity index (χ1) is 10.4. The van der Waals surface area contributed by atoms with Crippen LogP contribution in [0.4, 0.5) is 4.79 Å². The number of urea groups is 1. The van der Waals surface area contributed by atoms with Crippen LogP contribution in [0.5, 0.6) is 5.75 Å². The second-order valence-corrected chi connectivity index (χ2v) is 5.10. The molecule has 1 aromatic carbocycles. The molecular weight excluding hydrogens is 356 g/mol. The van der Waals surface area contributed by atoms with Gasteiger partial charge in [-0.3, -0.25) is 10.1 Å². The van der Waals surface area contributed by atoms with Crippen molar-refractivity contribution in [1.29, 1.82) is 0 Å². The monoisotopic (exact) mass is 372 g/mol. The van der Waals surface area contributed by atoms with Crippen molar-refractivity contribution in [1.82, 2.24) is 10.6 Å². The number of benzene rings is 1. The quantitative estimate of drug-likeness (QED) is 0.769. The van der Waals surface area contributed by atoms with Crippen LogP contribution in [0, 0.1) is 0 Å². The summed E-state index contributed by atoms with van der Waals surface area (Å²) in [5.41, 5.74) is 0.219. The molecule has 7 nitrogen and oxygen atoms in total. The lowest BCUT2D eigenvalue weighted by Gasteiger charge is -2.14. The molecule has 0 unspecified atom stereocenters. The summed E-state index contributed by atoms with van der Waals surface area (Å²) >= 11 is 3.23. The fraction of sp³-hybridized carbons (Fsp3) is 0.357. The third kappa shape index (κ3) is 5.03.